The summed E-state index contributed by atoms with van der Waals surface area (Å²) in [6.45, 7) is -1.41. The van der Waals surface area contributed by atoms with Crippen molar-refractivity contribution in [3.05, 3.63) is 30.3 Å². The molecule has 0 spiro atoms. The summed E-state index contributed by atoms with van der Waals surface area (Å²) in [5.74, 6) is -2.27. The van der Waals surface area contributed by atoms with Gasteiger partial charge in [0.05, 0.1) is 18.0 Å². The molecule has 4 N–H and O–H groups in total. The third kappa shape index (κ3) is 4.61. The monoisotopic (exact) mass is 302 g/mol. The van der Waals surface area contributed by atoms with E-state index in [1.165, 1.54) is 24.3 Å². The number of rotatable bonds is 7. The Hall–Kier alpha value is -1.97. The molecule has 0 aliphatic rings. The van der Waals surface area contributed by atoms with Gasteiger partial charge in [0.2, 0.25) is 15.9 Å². The van der Waals surface area contributed by atoms with E-state index in [4.69, 9.17) is 10.2 Å². The number of carbonyl (C=O) groups is 2. The van der Waals surface area contributed by atoms with E-state index in [0.29, 0.717) is 0 Å². The average molecular weight is 302 g/mol. The zero-order valence-corrected chi connectivity index (χ0v) is 11.1. The summed E-state index contributed by atoms with van der Waals surface area (Å²) in [4.78, 5) is 21.9. The largest absolute Gasteiger partial charge is 0.480 e. The number of carbonyl (C=O) groups excluding carboxylic acids is 1. The molecule has 0 saturated carbocycles. The first-order valence-corrected chi connectivity index (χ1v) is 7.03. The summed E-state index contributed by atoms with van der Waals surface area (Å²) in [5.41, 5.74) is 0. The number of sulfonamides is 1. The minimum Gasteiger partial charge on any atom is -0.480 e. The lowest BCUT2D eigenvalue weighted by Gasteiger charge is -2.12. The van der Waals surface area contributed by atoms with Crippen LogP contribution in [0.4, 0.5) is 0 Å². The summed E-state index contributed by atoms with van der Waals surface area (Å²) in [6, 6.07) is 5.94. The second-order valence-electron chi connectivity index (χ2n) is 3.78. The van der Waals surface area contributed by atoms with E-state index in [1.807, 2.05) is 10.0 Å². The summed E-state index contributed by atoms with van der Waals surface area (Å²) < 4.78 is 25.6. The van der Waals surface area contributed by atoms with Gasteiger partial charge in [0.15, 0.2) is 0 Å². The van der Waals surface area contributed by atoms with Crippen molar-refractivity contribution in [3.63, 3.8) is 0 Å². The Morgan fingerprint density at radius 3 is 2.30 bits per heavy atom. The molecule has 8 nitrogen and oxygen atoms in total. The van der Waals surface area contributed by atoms with E-state index in [2.05, 4.69) is 0 Å². The van der Waals surface area contributed by atoms with Crippen LogP contribution >= 0.6 is 0 Å². The number of hydrogen-bond acceptors (Lipinski definition) is 5. The summed E-state index contributed by atoms with van der Waals surface area (Å²) in [7, 11) is -3.84. The zero-order valence-electron chi connectivity index (χ0n) is 10.3. The van der Waals surface area contributed by atoms with Gasteiger partial charge >= 0.3 is 5.97 Å². The fourth-order valence-corrected chi connectivity index (χ4v) is 2.28. The Balaban J connectivity index is 2.59. The number of aliphatic hydroxyl groups excluding tert-OH is 1. The lowest BCUT2D eigenvalue weighted by molar-refractivity contribution is -0.142. The molecule has 9 heteroatoms. The van der Waals surface area contributed by atoms with Crippen molar-refractivity contribution in [3.8, 4) is 0 Å². The van der Waals surface area contributed by atoms with Crippen LogP contribution in [-0.4, -0.2) is 49.7 Å². The van der Waals surface area contributed by atoms with E-state index in [-0.39, 0.29) is 4.90 Å². The number of carboxylic acid groups (broad SMARTS) is 1. The predicted octanol–water partition coefficient (Wildman–Crippen LogP) is -1.47. The molecule has 1 aromatic carbocycles. The van der Waals surface area contributed by atoms with Crippen LogP contribution in [0.1, 0.15) is 0 Å². The number of benzene rings is 1. The van der Waals surface area contributed by atoms with Gasteiger partial charge in [-0.15, -0.1) is 0 Å². The van der Waals surface area contributed by atoms with Crippen LogP contribution in [0.5, 0.6) is 0 Å². The maximum atomic E-state index is 11.8. The van der Waals surface area contributed by atoms with Crippen molar-refractivity contribution in [2.45, 2.75) is 10.9 Å². The van der Waals surface area contributed by atoms with Crippen molar-refractivity contribution in [1.82, 2.24) is 10.0 Å². The Kier molecular flexibility index (Phi) is 5.62. The fourth-order valence-electron chi connectivity index (χ4n) is 1.27. The third-order valence-electron chi connectivity index (χ3n) is 2.29. The molecule has 0 aliphatic carbocycles. The molecule has 0 aliphatic heterocycles. The number of amides is 1. The van der Waals surface area contributed by atoms with Gasteiger partial charge in [0, 0.05) is 0 Å². The smallest absolute Gasteiger partial charge is 0.328 e. The van der Waals surface area contributed by atoms with Gasteiger partial charge in [-0.3, -0.25) is 4.79 Å². The van der Waals surface area contributed by atoms with Gasteiger partial charge in [0.25, 0.3) is 0 Å². The minimum atomic E-state index is -3.84. The normalized spacial score (nSPS) is 12.7. The van der Waals surface area contributed by atoms with Gasteiger partial charge in [0.1, 0.15) is 6.04 Å². The van der Waals surface area contributed by atoms with E-state index >= 15 is 0 Å². The topological polar surface area (TPSA) is 133 Å². The van der Waals surface area contributed by atoms with Crippen LogP contribution in [0, 0.1) is 0 Å². The molecule has 0 radical (unpaired) electrons. The van der Waals surface area contributed by atoms with Gasteiger partial charge in [-0.05, 0) is 12.1 Å². The van der Waals surface area contributed by atoms with Crippen molar-refractivity contribution in [2.75, 3.05) is 13.2 Å². The molecular formula is C11H14N2O6S. The first-order chi connectivity index (χ1) is 9.36. The maximum absolute atomic E-state index is 11.8. The summed E-state index contributed by atoms with van der Waals surface area (Å²) in [6.07, 6.45) is 0. The first kappa shape index (κ1) is 16.1. The molecule has 1 atom stereocenters. The van der Waals surface area contributed by atoms with Crippen LogP contribution in [-0.2, 0) is 19.6 Å². The Morgan fingerprint density at radius 2 is 1.80 bits per heavy atom. The summed E-state index contributed by atoms with van der Waals surface area (Å²) in [5, 5.41) is 19.3. The molecule has 20 heavy (non-hydrogen) atoms. The van der Waals surface area contributed by atoms with E-state index in [0.717, 1.165) is 0 Å². The van der Waals surface area contributed by atoms with Crippen molar-refractivity contribution >= 4 is 21.9 Å². The van der Waals surface area contributed by atoms with Crippen molar-refractivity contribution in [2.24, 2.45) is 0 Å². The summed E-state index contributed by atoms with van der Waals surface area (Å²) >= 11 is 0. The quantitative estimate of drug-likeness (QED) is 0.486. The number of nitrogens with one attached hydrogen (secondary N) is 2. The molecule has 0 saturated heterocycles. The zero-order chi connectivity index (χ0) is 15.2. The molecule has 1 aromatic rings. The highest BCUT2D eigenvalue weighted by atomic mass is 32.2. The molecule has 1 amide bonds. The molecule has 110 valence electrons. The van der Waals surface area contributed by atoms with E-state index in [1.54, 1.807) is 6.07 Å². The van der Waals surface area contributed by atoms with Gasteiger partial charge in [-0.25, -0.2) is 17.9 Å². The number of carboxylic acids is 1. The molecule has 1 rings (SSSR count). The highest BCUT2D eigenvalue weighted by Gasteiger charge is 2.20. The van der Waals surface area contributed by atoms with Crippen LogP contribution in [0.15, 0.2) is 35.2 Å². The van der Waals surface area contributed by atoms with Gasteiger partial charge in [-0.2, -0.15) is 0 Å². The Bertz CT molecular complexity index is 572. The fraction of sp³-hybridized carbons (Fsp3) is 0.273. The molecule has 1 unspecified atom stereocenters. The second-order valence-corrected chi connectivity index (χ2v) is 5.55. The lowest BCUT2D eigenvalue weighted by Crippen LogP contribution is -2.47. The molecule has 0 fully saturated rings. The van der Waals surface area contributed by atoms with Crippen molar-refractivity contribution < 1.29 is 28.2 Å². The Labute approximate surface area is 115 Å². The molecular weight excluding hydrogens is 288 g/mol. The highest BCUT2D eigenvalue weighted by molar-refractivity contribution is 7.89. The van der Waals surface area contributed by atoms with E-state index < -0.39 is 41.1 Å². The second kappa shape index (κ2) is 6.98. The van der Waals surface area contributed by atoms with E-state index in [9.17, 15) is 18.0 Å². The van der Waals surface area contributed by atoms with Crippen LogP contribution < -0.4 is 10.0 Å². The van der Waals surface area contributed by atoms with Gasteiger partial charge < -0.3 is 15.5 Å². The average Bonchev–Trinajstić information content (AvgIpc) is 2.43. The van der Waals surface area contributed by atoms with Crippen molar-refractivity contribution in [1.29, 1.82) is 0 Å². The lowest BCUT2D eigenvalue weighted by atomic mass is 10.3. The number of aliphatic carboxylic acids is 1. The van der Waals surface area contributed by atoms with Crippen LogP contribution in [0.3, 0.4) is 0 Å². The molecule has 0 heterocycles. The SMILES string of the molecule is O=C(CNS(=O)(=O)c1ccccc1)NC(CO)C(=O)O. The maximum Gasteiger partial charge on any atom is 0.328 e. The standard InChI is InChI=1S/C11H14N2O6S/c14-7-9(11(16)17)13-10(15)6-12-20(18,19)8-4-2-1-3-5-8/h1-5,9,12,14H,6-7H2,(H,13,15)(H,16,17). The Morgan fingerprint density at radius 1 is 1.20 bits per heavy atom. The highest BCUT2D eigenvalue weighted by Crippen LogP contribution is 2.06. The number of hydrogen-bond donors (Lipinski definition) is 4. The predicted molar refractivity (Wildman–Crippen MR) is 68.3 cm³/mol. The number of aliphatic hydroxyl groups is 1. The molecule has 0 aromatic heterocycles. The van der Waals surface area contributed by atoms with Gasteiger partial charge in [-0.1, -0.05) is 18.2 Å². The van der Waals surface area contributed by atoms with Crippen LogP contribution in [0.25, 0.3) is 0 Å². The van der Waals surface area contributed by atoms with Crippen LogP contribution in [0.2, 0.25) is 0 Å². The molecule has 0 bridgehead atoms. The minimum absolute atomic E-state index is 0.00950. The first-order valence-electron chi connectivity index (χ1n) is 5.54. The third-order valence-corrected chi connectivity index (χ3v) is 3.71.